The molecule has 0 radical (unpaired) electrons. The predicted molar refractivity (Wildman–Crippen MR) is 124 cm³/mol. The Morgan fingerprint density at radius 3 is 2.57 bits per heavy atom. The fourth-order valence-corrected chi connectivity index (χ4v) is 3.10. The van der Waals surface area contributed by atoms with E-state index in [1.54, 1.807) is 12.1 Å². The second kappa shape index (κ2) is 9.71. The van der Waals surface area contributed by atoms with E-state index in [4.69, 9.17) is 12.2 Å². The molecule has 0 saturated heterocycles. The average Bonchev–Trinajstić information content (AvgIpc) is 3.25. The summed E-state index contributed by atoms with van der Waals surface area (Å²) in [6.07, 6.45) is 6.61. The SMILES string of the molecule is CC(CC(=O)C1=CC=CC1)=Nc1ccccc1NC(=S)Nc1ccc([N+](=O)[O-])cc1. The summed E-state index contributed by atoms with van der Waals surface area (Å²) >= 11 is 5.35. The van der Waals surface area contributed by atoms with Crippen molar-refractivity contribution in [2.45, 2.75) is 19.8 Å². The first-order valence-electron chi connectivity index (χ1n) is 9.27. The van der Waals surface area contributed by atoms with Crippen LogP contribution in [0.1, 0.15) is 19.8 Å². The lowest BCUT2D eigenvalue weighted by Gasteiger charge is -2.13. The number of benzene rings is 2. The van der Waals surface area contributed by atoms with Gasteiger partial charge < -0.3 is 10.6 Å². The van der Waals surface area contributed by atoms with Crippen LogP contribution in [0, 0.1) is 10.1 Å². The van der Waals surface area contributed by atoms with E-state index in [0.29, 0.717) is 34.3 Å². The lowest BCUT2D eigenvalue weighted by molar-refractivity contribution is -0.384. The number of anilines is 2. The van der Waals surface area contributed by atoms with Crippen molar-refractivity contribution in [2.75, 3.05) is 10.6 Å². The number of hydrogen-bond acceptors (Lipinski definition) is 5. The van der Waals surface area contributed by atoms with Crippen LogP contribution in [0.4, 0.5) is 22.7 Å². The lowest BCUT2D eigenvalue weighted by atomic mass is 10.1. The molecule has 0 saturated carbocycles. The lowest BCUT2D eigenvalue weighted by Crippen LogP contribution is -2.19. The molecule has 0 amide bonds. The minimum Gasteiger partial charge on any atom is -0.332 e. The number of hydrogen-bond donors (Lipinski definition) is 2. The summed E-state index contributed by atoms with van der Waals surface area (Å²) in [5.74, 6) is 0.0713. The van der Waals surface area contributed by atoms with Gasteiger partial charge in [0.15, 0.2) is 10.9 Å². The molecule has 2 aromatic carbocycles. The van der Waals surface area contributed by atoms with Crippen LogP contribution in [-0.2, 0) is 4.79 Å². The number of carbonyl (C=O) groups excluding carboxylic acids is 1. The van der Waals surface area contributed by atoms with Crippen LogP contribution < -0.4 is 10.6 Å². The van der Waals surface area contributed by atoms with Crippen LogP contribution in [0.5, 0.6) is 0 Å². The Morgan fingerprint density at radius 1 is 1.17 bits per heavy atom. The quantitative estimate of drug-likeness (QED) is 0.272. The number of carbonyl (C=O) groups is 1. The van der Waals surface area contributed by atoms with Crippen LogP contribution in [0.3, 0.4) is 0 Å². The number of para-hydroxylation sites is 2. The third kappa shape index (κ3) is 5.68. The highest BCUT2D eigenvalue weighted by atomic mass is 32.1. The highest BCUT2D eigenvalue weighted by Crippen LogP contribution is 2.26. The van der Waals surface area contributed by atoms with Crippen molar-refractivity contribution < 1.29 is 9.72 Å². The van der Waals surface area contributed by atoms with Gasteiger partial charge in [-0.25, -0.2) is 0 Å². The second-order valence-electron chi connectivity index (χ2n) is 6.67. The van der Waals surface area contributed by atoms with E-state index in [0.717, 1.165) is 5.57 Å². The van der Waals surface area contributed by atoms with Gasteiger partial charge in [-0.15, -0.1) is 0 Å². The summed E-state index contributed by atoms with van der Waals surface area (Å²) in [5, 5.41) is 17.1. The number of Topliss-reactive ketones (excluding diaryl/α,β-unsaturated/α-hetero) is 1. The molecule has 152 valence electrons. The largest absolute Gasteiger partial charge is 0.332 e. The van der Waals surface area contributed by atoms with Gasteiger partial charge in [0, 0.05) is 30.0 Å². The van der Waals surface area contributed by atoms with Gasteiger partial charge in [-0.3, -0.25) is 19.9 Å². The van der Waals surface area contributed by atoms with Crippen molar-refractivity contribution in [1.82, 2.24) is 0 Å². The van der Waals surface area contributed by atoms with Crippen molar-refractivity contribution >= 4 is 51.6 Å². The van der Waals surface area contributed by atoms with Gasteiger partial charge in [0.25, 0.3) is 5.69 Å². The van der Waals surface area contributed by atoms with Crippen LogP contribution in [0.2, 0.25) is 0 Å². The van der Waals surface area contributed by atoms with Gasteiger partial charge in [-0.05, 0) is 55.4 Å². The number of nitrogens with zero attached hydrogens (tertiary/aromatic N) is 2. The Hall–Kier alpha value is -3.65. The van der Waals surface area contributed by atoms with E-state index >= 15 is 0 Å². The first-order valence-corrected chi connectivity index (χ1v) is 9.68. The molecular formula is C22H20N4O3S. The molecule has 0 spiro atoms. The monoisotopic (exact) mass is 420 g/mol. The Morgan fingerprint density at radius 2 is 1.90 bits per heavy atom. The first kappa shape index (κ1) is 21.1. The van der Waals surface area contributed by atoms with Gasteiger partial charge >= 0.3 is 0 Å². The number of nitro groups is 1. The number of nitro benzene ring substituents is 1. The van der Waals surface area contributed by atoms with E-state index in [2.05, 4.69) is 15.6 Å². The van der Waals surface area contributed by atoms with Crippen LogP contribution in [0.15, 0.2) is 77.3 Å². The van der Waals surface area contributed by atoms with Crippen molar-refractivity contribution in [3.8, 4) is 0 Å². The van der Waals surface area contributed by atoms with E-state index in [-0.39, 0.29) is 17.9 Å². The maximum Gasteiger partial charge on any atom is 0.269 e. The molecule has 7 nitrogen and oxygen atoms in total. The number of thiocarbonyl (C=S) groups is 1. The van der Waals surface area contributed by atoms with Gasteiger partial charge in [0.1, 0.15) is 0 Å². The first-order chi connectivity index (χ1) is 14.4. The van der Waals surface area contributed by atoms with Crippen LogP contribution in [-0.4, -0.2) is 21.5 Å². The molecule has 2 N–H and O–H groups in total. The van der Waals surface area contributed by atoms with Gasteiger partial charge in [-0.2, -0.15) is 0 Å². The van der Waals surface area contributed by atoms with Crippen molar-refractivity contribution in [3.63, 3.8) is 0 Å². The summed E-state index contributed by atoms with van der Waals surface area (Å²) < 4.78 is 0. The summed E-state index contributed by atoms with van der Waals surface area (Å²) in [5.41, 5.74) is 3.48. The molecule has 8 heteroatoms. The third-order valence-corrected chi connectivity index (χ3v) is 4.55. The molecular weight excluding hydrogens is 400 g/mol. The zero-order valence-electron chi connectivity index (χ0n) is 16.3. The molecule has 0 fully saturated rings. The molecule has 1 aliphatic carbocycles. The summed E-state index contributed by atoms with van der Waals surface area (Å²) in [6, 6.07) is 13.3. The Balaban J connectivity index is 1.66. The normalized spacial score (nSPS) is 13.0. The van der Waals surface area contributed by atoms with Gasteiger partial charge in [0.2, 0.25) is 0 Å². The smallest absolute Gasteiger partial charge is 0.269 e. The molecule has 0 unspecified atom stereocenters. The average molecular weight is 420 g/mol. The van der Waals surface area contributed by atoms with Crippen molar-refractivity contribution in [3.05, 3.63) is 82.4 Å². The number of aliphatic imine (C=N–C) groups is 1. The Labute approximate surface area is 179 Å². The molecule has 0 heterocycles. The second-order valence-corrected chi connectivity index (χ2v) is 7.08. The summed E-state index contributed by atoms with van der Waals surface area (Å²) in [6.45, 7) is 1.82. The van der Waals surface area contributed by atoms with Gasteiger partial charge in [0.05, 0.1) is 16.3 Å². The van der Waals surface area contributed by atoms with E-state index in [1.165, 1.54) is 12.1 Å². The standard InChI is InChI=1S/C22H20N4O3S/c1-15(14-21(27)16-6-2-3-7-16)23-19-8-4-5-9-20(19)25-22(30)24-17-10-12-18(13-11-17)26(28)29/h2-6,8-13H,7,14H2,1H3,(H2,24,25,30). The maximum atomic E-state index is 12.3. The molecule has 0 aromatic heterocycles. The molecule has 1 aliphatic rings. The van der Waals surface area contributed by atoms with Crippen LogP contribution >= 0.6 is 12.2 Å². The van der Waals surface area contributed by atoms with Crippen LogP contribution in [0.25, 0.3) is 0 Å². The summed E-state index contributed by atoms with van der Waals surface area (Å²) in [7, 11) is 0. The fraction of sp³-hybridized carbons (Fsp3) is 0.136. The fourth-order valence-electron chi connectivity index (χ4n) is 2.87. The molecule has 0 atom stereocenters. The molecule has 0 bridgehead atoms. The summed E-state index contributed by atoms with van der Waals surface area (Å²) in [4.78, 5) is 27.2. The number of non-ortho nitro benzene ring substituents is 1. The molecule has 2 aromatic rings. The maximum absolute atomic E-state index is 12.3. The minimum absolute atomic E-state index is 0.00767. The van der Waals surface area contributed by atoms with E-state index < -0.39 is 4.92 Å². The van der Waals surface area contributed by atoms with E-state index in [1.807, 2.05) is 49.4 Å². The minimum atomic E-state index is -0.457. The highest BCUT2D eigenvalue weighted by Gasteiger charge is 2.12. The number of ketones is 1. The zero-order valence-corrected chi connectivity index (χ0v) is 17.1. The third-order valence-electron chi connectivity index (χ3n) is 4.35. The molecule has 30 heavy (non-hydrogen) atoms. The van der Waals surface area contributed by atoms with Crippen molar-refractivity contribution in [1.29, 1.82) is 0 Å². The predicted octanol–water partition coefficient (Wildman–Crippen LogP) is 5.34. The Bertz CT molecular complexity index is 1070. The number of allylic oxidation sites excluding steroid dienone is 4. The van der Waals surface area contributed by atoms with Crippen molar-refractivity contribution in [2.24, 2.45) is 4.99 Å². The topological polar surface area (TPSA) is 96.6 Å². The zero-order chi connectivity index (χ0) is 21.5. The number of nitrogens with one attached hydrogen (secondary N) is 2. The number of rotatable bonds is 7. The highest BCUT2D eigenvalue weighted by molar-refractivity contribution is 7.80. The Kier molecular flexibility index (Phi) is 6.82. The molecule has 0 aliphatic heterocycles. The van der Waals surface area contributed by atoms with Gasteiger partial charge in [-0.1, -0.05) is 30.4 Å². The van der Waals surface area contributed by atoms with E-state index in [9.17, 15) is 14.9 Å². The molecule has 3 rings (SSSR count).